The predicted octanol–water partition coefficient (Wildman–Crippen LogP) is 4.84. The molecule has 2 unspecified atom stereocenters. The number of nitrogens with zero attached hydrogens (tertiary/aromatic N) is 1. The topological polar surface area (TPSA) is 58.6 Å². The minimum atomic E-state index is -0.0985. The third-order valence-corrected chi connectivity index (χ3v) is 6.14. The van der Waals surface area contributed by atoms with E-state index in [4.69, 9.17) is 4.74 Å². The van der Waals surface area contributed by atoms with Crippen molar-refractivity contribution >= 4 is 17.9 Å². The molecule has 2 aromatic carbocycles. The molecule has 168 valence electrons. The van der Waals surface area contributed by atoms with Crippen molar-refractivity contribution in [3.05, 3.63) is 76.5 Å². The molecule has 5 nitrogen and oxygen atoms in total. The number of amides is 2. The van der Waals surface area contributed by atoms with Crippen molar-refractivity contribution in [2.75, 3.05) is 0 Å². The zero-order chi connectivity index (χ0) is 22.7. The molecular formula is C27H32N2O3. The maximum absolute atomic E-state index is 13.4. The maximum atomic E-state index is 13.4. The lowest BCUT2D eigenvalue weighted by atomic mass is 9.89. The van der Waals surface area contributed by atoms with Crippen LogP contribution < -0.4 is 5.32 Å². The third kappa shape index (κ3) is 5.04. The lowest BCUT2D eigenvalue weighted by Gasteiger charge is -2.44. The van der Waals surface area contributed by atoms with E-state index in [-0.39, 0.29) is 30.0 Å². The van der Waals surface area contributed by atoms with Gasteiger partial charge in [-0.3, -0.25) is 9.59 Å². The van der Waals surface area contributed by atoms with Crippen LogP contribution in [0.3, 0.4) is 0 Å². The molecule has 1 aliphatic heterocycles. The van der Waals surface area contributed by atoms with Crippen LogP contribution in [0.25, 0.3) is 6.08 Å². The quantitative estimate of drug-likeness (QED) is 0.688. The first-order valence-corrected chi connectivity index (χ1v) is 11.6. The molecule has 4 rings (SSSR count). The van der Waals surface area contributed by atoms with Crippen LogP contribution >= 0.6 is 0 Å². The molecule has 1 saturated carbocycles. The average molecular weight is 433 g/mol. The van der Waals surface area contributed by atoms with Gasteiger partial charge >= 0.3 is 0 Å². The summed E-state index contributed by atoms with van der Waals surface area (Å²) in [7, 11) is 0. The van der Waals surface area contributed by atoms with Crippen LogP contribution in [-0.4, -0.2) is 34.9 Å². The number of carbonyl (C=O) groups is 2. The van der Waals surface area contributed by atoms with Crippen molar-refractivity contribution in [3.8, 4) is 0 Å². The number of benzene rings is 2. The summed E-state index contributed by atoms with van der Waals surface area (Å²) in [6, 6.07) is 15.8. The van der Waals surface area contributed by atoms with Gasteiger partial charge in [-0.05, 0) is 69.4 Å². The smallest absolute Gasteiger partial charge is 0.289 e. The molecule has 32 heavy (non-hydrogen) atoms. The molecule has 1 heterocycles. The Morgan fingerprint density at radius 3 is 2.62 bits per heavy atom. The fraction of sp³-hybridized carbons (Fsp3) is 0.407. The third-order valence-electron chi connectivity index (χ3n) is 6.14. The van der Waals surface area contributed by atoms with Crippen molar-refractivity contribution < 1.29 is 14.3 Å². The van der Waals surface area contributed by atoms with Gasteiger partial charge in [-0.15, -0.1) is 0 Å². The number of nitrogens with one attached hydrogen (secondary N) is 1. The highest BCUT2D eigenvalue weighted by molar-refractivity contribution is 5.97. The van der Waals surface area contributed by atoms with Crippen LogP contribution in [0.2, 0.25) is 0 Å². The summed E-state index contributed by atoms with van der Waals surface area (Å²) >= 11 is 0. The molecule has 2 amide bonds. The van der Waals surface area contributed by atoms with Crippen LogP contribution in [0.15, 0.2) is 54.3 Å². The summed E-state index contributed by atoms with van der Waals surface area (Å²) in [5, 5.41) is 2.89. The molecule has 0 radical (unpaired) electrons. The molecule has 0 aromatic heterocycles. The minimum Gasteiger partial charge on any atom is -0.482 e. The average Bonchev–Trinajstić information content (AvgIpc) is 2.76. The minimum absolute atomic E-state index is 0.0357. The number of rotatable bonds is 5. The van der Waals surface area contributed by atoms with Gasteiger partial charge in [-0.25, -0.2) is 0 Å². The summed E-state index contributed by atoms with van der Waals surface area (Å²) in [6.07, 6.45) is 6.04. The zero-order valence-electron chi connectivity index (χ0n) is 19.1. The van der Waals surface area contributed by atoms with Gasteiger partial charge in [0.2, 0.25) is 0 Å². The number of hydrogen-bond acceptors (Lipinski definition) is 3. The Bertz CT molecular complexity index is 1010. The van der Waals surface area contributed by atoms with E-state index in [0.29, 0.717) is 17.9 Å². The van der Waals surface area contributed by atoms with E-state index < -0.39 is 0 Å². The summed E-state index contributed by atoms with van der Waals surface area (Å²) in [5.41, 5.74) is 3.79. The van der Waals surface area contributed by atoms with Gasteiger partial charge < -0.3 is 15.0 Å². The van der Waals surface area contributed by atoms with E-state index in [2.05, 4.69) is 30.4 Å². The molecule has 2 atom stereocenters. The number of fused-ring (bicyclic) bond motifs is 1. The van der Waals surface area contributed by atoms with Crippen LogP contribution in [0, 0.1) is 6.92 Å². The monoisotopic (exact) mass is 432 g/mol. The number of morpholine rings is 1. The number of hydrogen-bond donors (Lipinski definition) is 1. The molecular weight excluding hydrogens is 400 g/mol. The molecule has 1 saturated heterocycles. The Kier molecular flexibility index (Phi) is 6.63. The second-order valence-electron chi connectivity index (χ2n) is 9.19. The first-order valence-electron chi connectivity index (χ1n) is 11.6. The maximum Gasteiger partial charge on any atom is 0.289 e. The zero-order valence-corrected chi connectivity index (χ0v) is 19.1. The SMILES string of the molecule is Cc1cccc(CN2C(=O)/C(=C\c3ccc(C(=O)NC(C)C)cc3)OC3CCCCC32)c1. The Balaban J connectivity index is 1.57. The molecule has 1 N–H and O–H groups in total. The van der Waals surface area contributed by atoms with Crippen molar-refractivity contribution in [1.82, 2.24) is 10.2 Å². The van der Waals surface area contributed by atoms with E-state index in [1.165, 1.54) is 5.56 Å². The molecule has 0 bridgehead atoms. The van der Waals surface area contributed by atoms with Gasteiger partial charge in [0.1, 0.15) is 6.10 Å². The Labute approximate surface area is 190 Å². The lowest BCUT2D eigenvalue weighted by Crippen LogP contribution is -2.54. The number of carbonyl (C=O) groups excluding carboxylic acids is 2. The molecule has 0 spiro atoms. The highest BCUT2D eigenvalue weighted by Gasteiger charge is 2.41. The molecule has 2 fully saturated rings. The number of ether oxygens (including phenoxy) is 1. The summed E-state index contributed by atoms with van der Waals surface area (Å²) in [5.74, 6) is 0.232. The molecule has 5 heteroatoms. The van der Waals surface area contributed by atoms with E-state index in [9.17, 15) is 9.59 Å². The van der Waals surface area contributed by atoms with Gasteiger partial charge in [0.25, 0.3) is 11.8 Å². The Morgan fingerprint density at radius 1 is 1.16 bits per heavy atom. The van der Waals surface area contributed by atoms with Crippen molar-refractivity contribution in [1.29, 1.82) is 0 Å². The molecule has 2 aliphatic rings. The largest absolute Gasteiger partial charge is 0.482 e. The second-order valence-corrected chi connectivity index (χ2v) is 9.19. The lowest BCUT2D eigenvalue weighted by molar-refractivity contribution is -0.149. The highest BCUT2D eigenvalue weighted by Crippen LogP contribution is 2.34. The normalized spacial score (nSPS) is 21.9. The van der Waals surface area contributed by atoms with Crippen LogP contribution in [0.1, 0.15) is 66.6 Å². The summed E-state index contributed by atoms with van der Waals surface area (Å²) in [4.78, 5) is 27.6. The Morgan fingerprint density at radius 2 is 1.91 bits per heavy atom. The second kappa shape index (κ2) is 9.60. The molecule has 2 aromatic rings. The number of aryl methyl sites for hydroxylation is 1. The van der Waals surface area contributed by atoms with Crippen LogP contribution in [0.5, 0.6) is 0 Å². The van der Waals surface area contributed by atoms with Gasteiger partial charge in [0, 0.05) is 18.2 Å². The summed E-state index contributed by atoms with van der Waals surface area (Å²) < 4.78 is 6.22. The van der Waals surface area contributed by atoms with Gasteiger partial charge in [0.05, 0.1) is 6.04 Å². The standard InChI is InChI=1S/C27H32N2O3/c1-18(2)28-26(30)22-13-11-20(12-14-22)16-25-27(31)29(17-21-8-6-7-19(3)15-21)23-9-4-5-10-24(23)32-25/h6-8,11-16,18,23-24H,4-5,9-10,17H2,1-3H3,(H,28,30)/b25-16+. The first-order chi connectivity index (χ1) is 15.4. The van der Waals surface area contributed by atoms with Gasteiger partial charge in [0.15, 0.2) is 5.76 Å². The Hall–Kier alpha value is -3.08. The van der Waals surface area contributed by atoms with Gasteiger partial charge in [-0.2, -0.15) is 0 Å². The highest BCUT2D eigenvalue weighted by atomic mass is 16.5. The predicted molar refractivity (Wildman–Crippen MR) is 126 cm³/mol. The van der Waals surface area contributed by atoms with Crippen molar-refractivity contribution in [2.24, 2.45) is 0 Å². The summed E-state index contributed by atoms with van der Waals surface area (Å²) in [6.45, 7) is 6.54. The first kappa shape index (κ1) is 22.1. The van der Waals surface area contributed by atoms with E-state index in [0.717, 1.165) is 36.8 Å². The van der Waals surface area contributed by atoms with Crippen molar-refractivity contribution in [3.63, 3.8) is 0 Å². The van der Waals surface area contributed by atoms with Crippen LogP contribution in [0.4, 0.5) is 0 Å². The van der Waals surface area contributed by atoms with Crippen LogP contribution in [-0.2, 0) is 16.1 Å². The van der Waals surface area contributed by atoms with Crippen molar-refractivity contribution in [2.45, 2.75) is 71.2 Å². The van der Waals surface area contributed by atoms with E-state index >= 15 is 0 Å². The fourth-order valence-electron chi connectivity index (χ4n) is 4.60. The van der Waals surface area contributed by atoms with E-state index in [1.54, 1.807) is 18.2 Å². The van der Waals surface area contributed by atoms with E-state index in [1.807, 2.05) is 36.9 Å². The molecule has 1 aliphatic carbocycles. The van der Waals surface area contributed by atoms with Gasteiger partial charge in [-0.1, -0.05) is 48.4 Å². The fourth-order valence-corrected chi connectivity index (χ4v) is 4.60.